The number of rotatable bonds is 5. The van der Waals surface area contributed by atoms with Gasteiger partial charge in [0.2, 0.25) is 0 Å². The van der Waals surface area contributed by atoms with Gasteiger partial charge in [-0.15, -0.1) is 0 Å². The first kappa shape index (κ1) is 12.4. The Bertz CT molecular complexity index is 529. The Morgan fingerprint density at radius 1 is 1.28 bits per heavy atom. The largest absolute Gasteiger partial charge is 0.478 e. The van der Waals surface area contributed by atoms with Crippen molar-refractivity contribution in [2.24, 2.45) is 0 Å². The number of hydrogen-bond acceptors (Lipinski definition) is 1. The maximum Gasteiger partial charge on any atom is 0.337 e. The normalized spacial score (nSPS) is 10.5. The van der Waals surface area contributed by atoms with Crippen molar-refractivity contribution in [1.29, 1.82) is 0 Å². The van der Waals surface area contributed by atoms with E-state index in [9.17, 15) is 4.79 Å². The van der Waals surface area contributed by atoms with Crippen molar-refractivity contribution >= 4 is 5.97 Å². The lowest BCUT2D eigenvalue weighted by atomic mass is 10.1. The molecule has 2 N–H and O–H groups in total. The maximum atomic E-state index is 11.1. The van der Waals surface area contributed by atoms with Crippen LogP contribution in [0.15, 0.2) is 36.4 Å². The van der Waals surface area contributed by atoms with Crippen molar-refractivity contribution in [1.82, 2.24) is 4.98 Å². The van der Waals surface area contributed by atoms with E-state index in [4.69, 9.17) is 5.11 Å². The Labute approximate surface area is 106 Å². The molecule has 0 saturated heterocycles. The zero-order valence-corrected chi connectivity index (χ0v) is 10.4. The van der Waals surface area contributed by atoms with Crippen LogP contribution in [0.5, 0.6) is 0 Å². The molecule has 0 saturated carbocycles. The zero-order valence-electron chi connectivity index (χ0n) is 10.4. The molecular weight excluding hydrogens is 226 g/mol. The molecule has 94 valence electrons. The quantitative estimate of drug-likeness (QED) is 0.846. The summed E-state index contributed by atoms with van der Waals surface area (Å²) < 4.78 is 0. The predicted molar refractivity (Wildman–Crippen MR) is 71.0 cm³/mol. The fourth-order valence-electron chi connectivity index (χ4n) is 2.11. The van der Waals surface area contributed by atoms with E-state index in [-0.39, 0.29) is 0 Å². The van der Waals surface area contributed by atoms with Gasteiger partial charge in [-0.1, -0.05) is 43.7 Å². The van der Waals surface area contributed by atoms with E-state index in [0.29, 0.717) is 5.56 Å². The SMILES string of the molecule is CCCc1[nH]c(Cc2ccccc2)cc1C(=O)O. The molecular formula is C15H17NO2. The lowest BCUT2D eigenvalue weighted by Crippen LogP contribution is -1.99. The number of benzene rings is 1. The second-order valence-electron chi connectivity index (χ2n) is 4.40. The summed E-state index contributed by atoms with van der Waals surface area (Å²) in [6, 6.07) is 11.8. The summed E-state index contributed by atoms with van der Waals surface area (Å²) in [4.78, 5) is 14.4. The molecule has 18 heavy (non-hydrogen) atoms. The molecule has 1 heterocycles. The minimum Gasteiger partial charge on any atom is -0.478 e. The Morgan fingerprint density at radius 3 is 2.61 bits per heavy atom. The number of aromatic nitrogens is 1. The van der Waals surface area contributed by atoms with Crippen LogP contribution in [0.2, 0.25) is 0 Å². The van der Waals surface area contributed by atoms with Gasteiger partial charge in [-0.2, -0.15) is 0 Å². The van der Waals surface area contributed by atoms with Crippen LogP contribution in [-0.2, 0) is 12.8 Å². The van der Waals surface area contributed by atoms with Crippen LogP contribution in [0.25, 0.3) is 0 Å². The van der Waals surface area contributed by atoms with Crippen molar-refractivity contribution in [2.75, 3.05) is 0 Å². The third kappa shape index (κ3) is 2.80. The van der Waals surface area contributed by atoms with Gasteiger partial charge in [0, 0.05) is 17.8 Å². The minimum absolute atomic E-state index is 0.405. The minimum atomic E-state index is -0.853. The number of aromatic carboxylic acids is 1. The summed E-state index contributed by atoms with van der Waals surface area (Å²) in [7, 11) is 0. The predicted octanol–water partition coefficient (Wildman–Crippen LogP) is 3.26. The highest BCUT2D eigenvalue weighted by Crippen LogP contribution is 2.16. The smallest absolute Gasteiger partial charge is 0.337 e. The summed E-state index contributed by atoms with van der Waals surface area (Å²) >= 11 is 0. The molecule has 0 amide bonds. The molecule has 2 aromatic rings. The van der Waals surface area contributed by atoms with Crippen LogP contribution in [0.4, 0.5) is 0 Å². The Kier molecular flexibility index (Phi) is 3.82. The first-order chi connectivity index (χ1) is 8.70. The van der Waals surface area contributed by atoms with Crippen LogP contribution in [0.3, 0.4) is 0 Å². The average Bonchev–Trinajstić information content (AvgIpc) is 2.74. The fraction of sp³-hybridized carbons (Fsp3) is 0.267. The monoisotopic (exact) mass is 243 g/mol. The Hall–Kier alpha value is -2.03. The number of nitrogens with one attached hydrogen (secondary N) is 1. The number of carbonyl (C=O) groups is 1. The van der Waals surface area contributed by atoms with E-state index < -0.39 is 5.97 Å². The lowest BCUT2D eigenvalue weighted by Gasteiger charge is -1.98. The highest BCUT2D eigenvalue weighted by molar-refractivity contribution is 5.89. The number of hydrogen-bond donors (Lipinski definition) is 2. The summed E-state index contributed by atoms with van der Waals surface area (Å²) in [6.07, 6.45) is 2.45. The Balaban J connectivity index is 2.24. The molecule has 0 unspecified atom stereocenters. The third-order valence-corrected chi connectivity index (χ3v) is 2.92. The van der Waals surface area contributed by atoms with Gasteiger partial charge in [0.1, 0.15) is 0 Å². The summed E-state index contributed by atoms with van der Waals surface area (Å²) in [5.41, 5.74) is 3.37. The molecule has 1 aromatic heterocycles. The maximum absolute atomic E-state index is 11.1. The van der Waals surface area contributed by atoms with Gasteiger partial charge in [0.25, 0.3) is 0 Å². The van der Waals surface area contributed by atoms with Crippen LogP contribution < -0.4 is 0 Å². The van der Waals surface area contributed by atoms with Gasteiger partial charge in [-0.05, 0) is 18.1 Å². The molecule has 0 aliphatic carbocycles. The molecule has 0 radical (unpaired) electrons. The lowest BCUT2D eigenvalue weighted by molar-refractivity contribution is 0.0696. The molecule has 0 spiro atoms. The van der Waals surface area contributed by atoms with E-state index in [2.05, 4.69) is 4.98 Å². The van der Waals surface area contributed by atoms with Gasteiger partial charge in [0.05, 0.1) is 5.56 Å². The topological polar surface area (TPSA) is 53.1 Å². The van der Waals surface area contributed by atoms with Gasteiger partial charge in [-0.3, -0.25) is 0 Å². The van der Waals surface area contributed by atoms with E-state index in [1.807, 2.05) is 37.3 Å². The van der Waals surface area contributed by atoms with Crippen molar-refractivity contribution < 1.29 is 9.90 Å². The molecule has 0 bridgehead atoms. The van der Waals surface area contributed by atoms with E-state index in [1.54, 1.807) is 6.07 Å². The first-order valence-electron chi connectivity index (χ1n) is 6.18. The van der Waals surface area contributed by atoms with Gasteiger partial charge < -0.3 is 10.1 Å². The highest BCUT2D eigenvalue weighted by atomic mass is 16.4. The van der Waals surface area contributed by atoms with Crippen LogP contribution in [-0.4, -0.2) is 16.1 Å². The molecule has 3 heteroatoms. The molecule has 0 fully saturated rings. The van der Waals surface area contributed by atoms with E-state index in [0.717, 1.165) is 30.7 Å². The number of aromatic amines is 1. The molecule has 2 rings (SSSR count). The number of carboxylic acid groups (broad SMARTS) is 1. The van der Waals surface area contributed by atoms with Gasteiger partial charge in [0.15, 0.2) is 0 Å². The second kappa shape index (κ2) is 5.54. The number of carboxylic acids is 1. The summed E-state index contributed by atoms with van der Waals surface area (Å²) in [5.74, 6) is -0.853. The van der Waals surface area contributed by atoms with E-state index in [1.165, 1.54) is 5.56 Å². The highest BCUT2D eigenvalue weighted by Gasteiger charge is 2.13. The Morgan fingerprint density at radius 2 is 2.00 bits per heavy atom. The van der Waals surface area contributed by atoms with Crippen LogP contribution in [0, 0.1) is 0 Å². The average molecular weight is 243 g/mol. The van der Waals surface area contributed by atoms with E-state index >= 15 is 0 Å². The third-order valence-electron chi connectivity index (χ3n) is 2.92. The standard InChI is InChI=1S/C15H17NO2/c1-2-6-14-13(15(17)18)10-12(16-14)9-11-7-4-3-5-8-11/h3-5,7-8,10,16H,2,6,9H2,1H3,(H,17,18). The summed E-state index contributed by atoms with van der Waals surface area (Å²) in [6.45, 7) is 2.04. The fourth-order valence-corrected chi connectivity index (χ4v) is 2.11. The van der Waals surface area contributed by atoms with Crippen LogP contribution >= 0.6 is 0 Å². The summed E-state index contributed by atoms with van der Waals surface area (Å²) in [5, 5.41) is 9.15. The molecule has 1 aromatic carbocycles. The molecule has 0 atom stereocenters. The number of aryl methyl sites for hydroxylation is 1. The molecule has 0 aliphatic rings. The van der Waals surface area contributed by atoms with Crippen molar-refractivity contribution in [3.05, 3.63) is 58.9 Å². The van der Waals surface area contributed by atoms with Crippen molar-refractivity contribution in [3.8, 4) is 0 Å². The van der Waals surface area contributed by atoms with Crippen LogP contribution in [0.1, 0.15) is 40.7 Å². The first-order valence-corrected chi connectivity index (χ1v) is 6.18. The van der Waals surface area contributed by atoms with Gasteiger partial charge in [-0.25, -0.2) is 4.79 Å². The van der Waals surface area contributed by atoms with Gasteiger partial charge >= 0.3 is 5.97 Å². The van der Waals surface area contributed by atoms with Crippen molar-refractivity contribution in [3.63, 3.8) is 0 Å². The second-order valence-corrected chi connectivity index (χ2v) is 4.40. The van der Waals surface area contributed by atoms with Crippen molar-refractivity contribution in [2.45, 2.75) is 26.2 Å². The number of H-pyrrole nitrogens is 1. The molecule has 0 aliphatic heterocycles. The molecule has 3 nitrogen and oxygen atoms in total. The zero-order chi connectivity index (χ0) is 13.0.